The minimum atomic E-state index is -0.458. The third-order valence-electron chi connectivity index (χ3n) is 3.77. The molecule has 102 valence electrons. The number of imide groups is 1. The molecule has 0 saturated heterocycles. The first kappa shape index (κ1) is 11.8. The van der Waals surface area contributed by atoms with Gasteiger partial charge in [-0.15, -0.1) is 0 Å². The van der Waals surface area contributed by atoms with Crippen molar-refractivity contribution in [3.8, 4) is 0 Å². The molecular formula is C16H10N2O3. The van der Waals surface area contributed by atoms with Gasteiger partial charge in [0.15, 0.2) is 0 Å². The van der Waals surface area contributed by atoms with E-state index in [1.54, 1.807) is 36.4 Å². The third-order valence-corrected chi connectivity index (χ3v) is 3.77. The zero-order valence-electron chi connectivity index (χ0n) is 10.9. The Bertz CT molecular complexity index is 778. The summed E-state index contributed by atoms with van der Waals surface area (Å²) in [4.78, 5) is 37.2. The topological polar surface area (TPSA) is 57.7 Å². The quantitative estimate of drug-likeness (QED) is 0.747. The minimum Gasteiger partial charge on any atom is -0.272 e. The van der Waals surface area contributed by atoms with Crippen molar-refractivity contribution in [2.24, 2.45) is 0 Å². The molecule has 0 spiro atoms. The highest BCUT2D eigenvalue weighted by molar-refractivity contribution is 6.24. The molecule has 2 aromatic rings. The predicted molar refractivity (Wildman–Crippen MR) is 74.6 cm³/mol. The van der Waals surface area contributed by atoms with Crippen molar-refractivity contribution in [3.63, 3.8) is 0 Å². The molecule has 2 aliphatic rings. The number of hydrazine groups is 1. The lowest BCUT2D eigenvalue weighted by Crippen LogP contribution is -2.48. The zero-order chi connectivity index (χ0) is 14.6. The van der Waals surface area contributed by atoms with Crippen LogP contribution in [0, 0.1) is 0 Å². The maximum Gasteiger partial charge on any atom is 0.281 e. The van der Waals surface area contributed by atoms with Gasteiger partial charge < -0.3 is 0 Å². The van der Waals surface area contributed by atoms with Crippen LogP contribution >= 0.6 is 0 Å². The Hall–Kier alpha value is -2.95. The number of hydrogen-bond acceptors (Lipinski definition) is 3. The molecule has 3 amide bonds. The van der Waals surface area contributed by atoms with Gasteiger partial charge in [-0.05, 0) is 23.8 Å². The van der Waals surface area contributed by atoms with Gasteiger partial charge in [0, 0.05) is 0 Å². The lowest BCUT2D eigenvalue weighted by atomic mass is 10.1. The van der Waals surface area contributed by atoms with Gasteiger partial charge in [0.2, 0.25) is 0 Å². The molecule has 0 atom stereocenters. The van der Waals surface area contributed by atoms with Crippen molar-refractivity contribution < 1.29 is 14.4 Å². The van der Waals surface area contributed by atoms with Crippen molar-refractivity contribution in [1.82, 2.24) is 5.01 Å². The molecule has 2 aromatic carbocycles. The maximum atomic E-state index is 12.5. The van der Waals surface area contributed by atoms with E-state index in [9.17, 15) is 14.4 Å². The summed E-state index contributed by atoms with van der Waals surface area (Å²) in [6.45, 7) is 0. The summed E-state index contributed by atoms with van der Waals surface area (Å²) < 4.78 is 0. The molecule has 0 bridgehead atoms. The van der Waals surface area contributed by atoms with E-state index in [1.165, 1.54) is 5.01 Å². The van der Waals surface area contributed by atoms with E-state index >= 15 is 0 Å². The van der Waals surface area contributed by atoms with Crippen LogP contribution in [0.25, 0.3) is 0 Å². The second-order valence-electron chi connectivity index (χ2n) is 4.98. The monoisotopic (exact) mass is 278 g/mol. The Morgan fingerprint density at radius 3 is 1.95 bits per heavy atom. The highest BCUT2D eigenvalue weighted by Gasteiger charge is 2.44. The number of hydrogen-bond donors (Lipinski definition) is 0. The minimum absolute atomic E-state index is 0.198. The van der Waals surface area contributed by atoms with Crippen LogP contribution in [0.15, 0.2) is 48.5 Å². The maximum absolute atomic E-state index is 12.5. The lowest BCUT2D eigenvalue weighted by Gasteiger charge is -2.26. The van der Waals surface area contributed by atoms with Crippen molar-refractivity contribution in [2.75, 3.05) is 5.01 Å². The van der Waals surface area contributed by atoms with E-state index in [-0.39, 0.29) is 12.3 Å². The van der Waals surface area contributed by atoms with Gasteiger partial charge in [-0.3, -0.25) is 14.4 Å². The number of nitrogens with zero attached hydrogens (tertiary/aromatic N) is 2. The van der Waals surface area contributed by atoms with E-state index < -0.39 is 11.8 Å². The molecule has 5 heteroatoms. The number of fused-ring (bicyclic) bond motifs is 2. The number of benzene rings is 2. The molecule has 0 aliphatic carbocycles. The molecule has 0 aromatic heterocycles. The lowest BCUT2D eigenvalue weighted by molar-refractivity contribution is -0.119. The van der Waals surface area contributed by atoms with Gasteiger partial charge >= 0.3 is 0 Å². The van der Waals surface area contributed by atoms with Crippen LogP contribution in [-0.4, -0.2) is 22.7 Å². The summed E-state index contributed by atoms with van der Waals surface area (Å²) in [5.41, 5.74) is 2.08. The van der Waals surface area contributed by atoms with Crippen LogP contribution in [0.1, 0.15) is 26.3 Å². The first-order chi connectivity index (χ1) is 10.2. The smallest absolute Gasteiger partial charge is 0.272 e. The zero-order valence-corrected chi connectivity index (χ0v) is 10.9. The molecule has 0 N–H and O–H groups in total. The Kier molecular flexibility index (Phi) is 2.27. The van der Waals surface area contributed by atoms with Gasteiger partial charge in [0.25, 0.3) is 17.7 Å². The first-order valence-corrected chi connectivity index (χ1v) is 6.57. The highest BCUT2D eigenvalue weighted by Crippen LogP contribution is 2.34. The molecule has 0 radical (unpaired) electrons. The summed E-state index contributed by atoms with van der Waals surface area (Å²) in [5.74, 6) is -1.19. The average Bonchev–Trinajstić information content (AvgIpc) is 2.95. The normalized spacial score (nSPS) is 16.5. The van der Waals surface area contributed by atoms with Crippen LogP contribution in [0.2, 0.25) is 0 Å². The van der Waals surface area contributed by atoms with E-state index in [1.807, 2.05) is 12.1 Å². The second-order valence-corrected chi connectivity index (χ2v) is 4.98. The standard InChI is InChI=1S/C16H10N2O3/c19-14-9-10-5-1-4-8-13(10)17(14)18-15(20)11-6-2-3-7-12(11)16(18)21/h1-8H,9H2. The molecule has 0 saturated carbocycles. The number of para-hydroxylation sites is 1. The van der Waals surface area contributed by atoms with Crippen molar-refractivity contribution in [1.29, 1.82) is 0 Å². The number of carbonyl (C=O) groups excluding carboxylic acids is 3. The van der Waals surface area contributed by atoms with Gasteiger partial charge in [-0.1, -0.05) is 30.3 Å². The molecule has 0 unspecified atom stereocenters. The molecule has 2 aliphatic heterocycles. The Morgan fingerprint density at radius 1 is 0.714 bits per heavy atom. The molecule has 4 rings (SSSR count). The first-order valence-electron chi connectivity index (χ1n) is 6.57. The Balaban J connectivity index is 1.84. The van der Waals surface area contributed by atoms with E-state index in [2.05, 4.69) is 0 Å². The van der Waals surface area contributed by atoms with Crippen LogP contribution < -0.4 is 5.01 Å². The summed E-state index contributed by atoms with van der Waals surface area (Å²) in [5, 5.41) is 2.14. The fraction of sp³-hybridized carbons (Fsp3) is 0.0625. The van der Waals surface area contributed by atoms with Crippen LogP contribution in [0.5, 0.6) is 0 Å². The number of carbonyl (C=O) groups is 3. The van der Waals surface area contributed by atoms with Gasteiger partial charge in [0.1, 0.15) is 0 Å². The fourth-order valence-corrected chi connectivity index (χ4v) is 2.82. The third kappa shape index (κ3) is 1.48. The number of amides is 3. The summed E-state index contributed by atoms with van der Waals surface area (Å²) in [6, 6.07) is 13.8. The number of anilines is 1. The Labute approximate surface area is 120 Å². The van der Waals surface area contributed by atoms with E-state index in [0.717, 1.165) is 10.6 Å². The van der Waals surface area contributed by atoms with Crippen LogP contribution in [0.4, 0.5) is 5.69 Å². The van der Waals surface area contributed by atoms with Gasteiger partial charge in [-0.25, -0.2) is 5.01 Å². The largest absolute Gasteiger partial charge is 0.281 e. The Morgan fingerprint density at radius 2 is 1.29 bits per heavy atom. The van der Waals surface area contributed by atoms with Gasteiger partial charge in [0.05, 0.1) is 23.2 Å². The second kappa shape index (κ2) is 4.02. The van der Waals surface area contributed by atoms with E-state index in [0.29, 0.717) is 16.8 Å². The molecule has 5 nitrogen and oxygen atoms in total. The van der Waals surface area contributed by atoms with Crippen LogP contribution in [-0.2, 0) is 11.2 Å². The summed E-state index contributed by atoms with van der Waals surface area (Å²) in [7, 11) is 0. The average molecular weight is 278 g/mol. The summed E-state index contributed by atoms with van der Waals surface area (Å²) in [6.07, 6.45) is 0.198. The van der Waals surface area contributed by atoms with Crippen molar-refractivity contribution in [2.45, 2.75) is 6.42 Å². The molecule has 21 heavy (non-hydrogen) atoms. The molecule has 2 heterocycles. The highest BCUT2D eigenvalue weighted by atomic mass is 16.2. The summed E-state index contributed by atoms with van der Waals surface area (Å²) >= 11 is 0. The molecule has 0 fully saturated rings. The van der Waals surface area contributed by atoms with E-state index in [4.69, 9.17) is 0 Å². The predicted octanol–water partition coefficient (Wildman–Crippen LogP) is 1.79. The SMILES string of the molecule is O=C1c2ccccc2C(=O)N1N1C(=O)Cc2ccccc21. The van der Waals surface area contributed by atoms with Crippen molar-refractivity contribution >= 4 is 23.4 Å². The van der Waals surface area contributed by atoms with Crippen molar-refractivity contribution in [3.05, 3.63) is 65.2 Å². The number of rotatable bonds is 1. The fourth-order valence-electron chi connectivity index (χ4n) is 2.82. The van der Waals surface area contributed by atoms with Crippen LogP contribution in [0.3, 0.4) is 0 Å². The molecular weight excluding hydrogens is 268 g/mol. The van der Waals surface area contributed by atoms with Gasteiger partial charge in [-0.2, -0.15) is 5.01 Å².